The van der Waals surface area contributed by atoms with Crippen molar-refractivity contribution in [1.82, 2.24) is 61.4 Å². The molecule has 0 spiro atoms. The van der Waals surface area contributed by atoms with Crippen LogP contribution in [-0.2, 0) is 88.5 Å². The number of nitrogens with zero attached hydrogens (tertiary/aromatic N) is 5. The zero-order valence-corrected chi connectivity index (χ0v) is 59.9. The fraction of sp³-hybridized carbons (Fsp3) is 0.473. The molecule has 2 saturated heterocycles. The van der Waals surface area contributed by atoms with Gasteiger partial charge in [-0.2, -0.15) is 0 Å². The molecule has 10 atom stereocenters. The Morgan fingerprint density at radius 2 is 1.26 bits per heavy atom. The minimum absolute atomic E-state index is 0.0182. The number of ether oxygens (including phenoxy) is 3. The molecular weight excluding hydrogens is 1330 g/mol. The van der Waals surface area contributed by atoms with Crippen molar-refractivity contribution >= 4 is 84.8 Å². The van der Waals surface area contributed by atoms with Gasteiger partial charge in [0.15, 0.2) is 0 Å². The molecule has 0 aliphatic carbocycles. The molecule has 0 radical (unpaired) electrons. The van der Waals surface area contributed by atoms with E-state index in [9.17, 15) is 47.1 Å². The third kappa shape index (κ3) is 20.8. The number of likely N-dealkylation sites (tertiary alicyclic amines) is 2. The summed E-state index contributed by atoms with van der Waals surface area (Å²) in [5.41, 5.74) is 0.651. The van der Waals surface area contributed by atoms with Crippen molar-refractivity contribution in [1.29, 1.82) is 0 Å². The first-order chi connectivity index (χ1) is 48.4. The van der Waals surface area contributed by atoms with Crippen LogP contribution >= 0.6 is 0 Å². The van der Waals surface area contributed by atoms with Crippen molar-refractivity contribution in [3.63, 3.8) is 0 Å². The van der Waals surface area contributed by atoms with Crippen LogP contribution in [0.5, 0.6) is 5.75 Å². The Kier molecular flexibility index (Phi) is 25.4. The number of carboxylic acid groups (broad SMARTS) is 1. The zero-order chi connectivity index (χ0) is 73.6. The molecule has 1 aromatic heterocycles. The lowest BCUT2D eigenvalue weighted by Crippen LogP contribution is -2.62. The lowest BCUT2D eigenvalue weighted by atomic mass is 9.85. The van der Waals surface area contributed by atoms with Crippen molar-refractivity contribution in [3.8, 4) is 5.75 Å². The van der Waals surface area contributed by atoms with E-state index < -0.39 is 129 Å². The molecule has 102 heavy (non-hydrogen) atoms. The number of carbonyl (C=O) groups is 9. The Labute approximate surface area is 594 Å². The molecule has 27 nitrogen and oxygen atoms in total. The van der Waals surface area contributed by atoms with E-state index in [2.05, 4.69) is 42.2 Å². The van der Waals surface area contributed by atoms with Crippen LogP contribution in [-0.4, -0.2) is 192 Å². The Bertz CT molecular complexity index is 4170. The van der Waals surface area contributed by atoms with Crippen LogP contribution in [0.1, 0.15) is 109 Å². The predicted octanol–water partition coefficient (Wildman–Crippen LogP) is 4.36. The van der Waals surface area contributed by atoms with E-state index in [0.717, 1.165) is 32.5 Å². The summed E-state index contributed by atoms with van der Waals surface area (Å²) < 4.78 is 47.3. The van der Waals surface area contributed by atoms with E-state index >= 15 is 9.59 Å². The number of carbonyl (C=O) groups excluding carboxylic acids is 8. The molecule has 5 aromatic carbocycles. The van der Waals surface area contributed by atoms with Gasteiger partial charge in [-0.1, -0.05) is 150 Å². The average Bonchev–Trinajstić information content (AvgIpc) is 1.60. The molecule has 4 aliphatic rings. The van der Waals surface area contributed by atoms with Gasteiger partial charge in [-0.05, 0) is 107 Å². The first-order valence-corrected chi connectivity index (χ1v) is 36.3. The van der Waals surface area contributed by atoms with Gasteiger partial charge in [0, 0.05) is 45.3 Å². The van der Waals surface area contributed by atoms with Gasteiger partial charge in [-0.25, -0.2) is 17.9 Å². The number of aromatic nitrogens is 3. The van der Waals surface area contributed by atoms with Crippen LogP contribution < -0.4 is 41.4 Å². The number of carboxylic acids is 1. The smallest absolute Gasteiger partial charge is 0.326 e. The lowest BCUT2D eigenvalue weighted by molar-refractivity contribution is -0.147. The fourth-order valence-electron chi connectivity index (χ4n) is 12.8. The third-order valence-electron chi connectivity index (χ3n) is 18.3. The number of hydrogen-bond donors (Lipinski definition) is 8. The van der Waals surface area contributed by atoms with Crippen molar-refractivity contribution in [2.75, 3.05) is 46.2 Å². The van der Waals surface area contributed by atoms with Gasteiger partial charge in [-0.3, -0.25) is 43.1 Å². The fourth-order valence-corrected chi connectivity index (χ4v) is 13.3. The normalized spacial score (nSPS) is 23.0. The minimum atomic E-state index is -4.13. The SMILES string of the molecule is CN[C@@H](C)C(=O)N[C@H](C(=O)N1CCC2OC/C=C/COc3ccc(cc3)C[C@@H](C(=O)O)NC(=O)[C@H](Cc3ccc4ccccc4c3)NC(=O)[C@@H]3[C@H](CCN3C(=O)CC(C)(C)C)OCc3cn(nn3)[C@H](C(=O)NS(C)(=O)=O)CCCNC(=O)[C@H](Cc3ccc4ccccc4c3)NC(=O)[C@H]21)C(C)(C)C. The minimum Gasteiger partial charge on any atom is -0.490 e. The van der Waals surface area contributed by atoms with E-state index in [4.69, 9.17) is 14.2 Å². The molecule has 4 bridgehead atoms. The topological polar surface area (TPSA) is 357 Å². The molecule has 10 rings (SSSR count). The van der Waals surface area contributed by atoms with E-state index in [1.165, 1.54) is 16.0 Å². The first kappa shape index (κ1) is 76.5. The summed E-state index contributed by atoms with van der Waals surface area (Å²) in [6.45, 7) is 12.4. The van der Waals surface area contributed by atoms with Crippen molar-refractivity contribution in [2.45, 2.75) is 167 Å². The van der Waals surface area contributed by atoms with Gasteiger partial charge in [0.2, 0.25) is 51.4 Å². The Morgan fingerprint density at radius 1 is 0.696 bits per heavy atom. The Morgan fingerprint density at radius 3 is 1.84 bits per heavy atom. The summed E-state index contributed by atoms with van der Waals surface area (Å²) in [6.07, 6.45) is 3.71. The molecule has 1 unspecified atom stereocenters. The summed E-state index contributed by atoms with van der Waals surface area (Å²) in [5.74, 6) is -6.12. The highest BCUT2D eigenvalue weighted by molar-refractivity contribution is 7.89. The van der Waals surface area contributed by atoms with Crippen LogP contribution in [0.15, 0.2) is 128 Å². The molecule has 0 saturated carbocycles. The van der Waals surface area contributed by atoms with Crippen molar-refractivity contribution in [2.24, 2.45) is 10.8 Å². The number of likely N-dealkylation sites (N-methyl/N-ethyl adjacent to an activating group) is 1. The van der Waals surface area contributed by atoms with Crippen LogP contribution in [0.2, 0.25) is 0 Å². The van der Waals surface area contributed by atoms with E-state index in [1.807, 2.05) is 110 Å². The maximum Gasteiger partial charge on any atom is 0.326 e. The molecule has 8 N–H and O–H groups in total. The highest BCUT2D eigenvalue weighted by Gasteiger charge is 2.49. The second-order valence-corrected chi connectivity index (χ2v) is 30.4. The standard InChI is InChI=1S/C74H94N12O15S/c1-45(75-8)65(88)80-64(74(5,6)7)71(94)85-34-31-59-63(85)70(93)77-55(40-47-22-26-49-17-10-12-19-51(49)37-47)66(89)76-32-16-21-58(68(91)82-102(9,97)98)86-43-53(81-83-86)44-101-60-30-33-84(61(87)42-73(2,3)4)62(60)69(92)78-56(41-48-23-27-50-18-11-13-20-52(50)38-48)67(90)79-57(72(95)96)39-46-24-28-54(29-25-46)99-35-14-15-36-100-59/h10-15,17-20,22-29,37-38,43,45,55-60,62-64,75H,16,21,30-36,39-42,44H2,1-9H3,(H,76,89)(H,77,93)(H,78,92)(H,79,90)(H,80,88)(H,82,91)(H,95,96)/b15-14+/t45-,55-,56-,57-,58-,59?,60-,62-,63-,64+/m0/s1. The predicted molar refractivity (Wildman–Crippen MR) is 380 cm³/mol. The number of rotatable bonds is 12. The molecule has 28 heteroatoms. The summed E-state index contributed by atoms with van der Waals surface area (Å²) in [4.78, 5) is 132. The number of aliphatic carboxylic acids is 1. The van der Waals surface area contributed by atoms with Crippen LogP contribution in [0.3, 0.4) is 0 Å². The number of nitrogens with one attached hydrogen (secondary N) is 7. The molecule has 2 fully saturated rings. The van der Waals surface area contributed by atoms with Crippen LogP contribution in [0.4, 0.5) is 0 Å². The quantitative estimate of drug-likeness (QED) is 0.0789. The van der Waals surface area contributed by atoms with Gasteiger partial charge in [0.05, 0.1) is 43.9 Å². The molecule has 6 aromatic rings. The summed E-state index contributed by atoms with van der Waals surface area (Å²) in [5, 5.41) is 39.9. The summed E-state index contributed by atoms with van der Waals surface area (Å²) >= 11 is 0. The number of hydrogen-bond acceptors (Lipinski definition) is 17. The lowest BCUT2D eigenvalue weighted by Gasteiger charge is -2.36. The van der Waals surface area contributed by atoms with Crippen molar-refractivity contribution in [3.05, 3.63) is 150 Å². The van der Waals surface area contributed by atoms with Gasteiger partial charge in [0.25, 0.3) is 5.91 Å². The second kappa shape index (κ2) is 33.9. The van der Waals surface area contributed by atoms with Gasteiger partial charge < -0.3 is 61.0 Å². The highest BCUT2D eigenvalue weighted by atomic mass is 32.2. The summed E-state index contributed by atoms with van der Waals surface area (Å²) in [6, 6.07) is 23.2. The Balaban J connectivity index is 1.04. The number of fused-ring (bicyclic) bond motifs is 23. The number of sulfonamides is 1. The monoisotopic (exact) mass is 1420 g/mol. The summed E-state index contributed by atoms with van der Waals surface area (Å²) in [7, 11) is -2.52. The molecule has 8 amide bonds. The maximum absolute atomic E-state index is 15.2. The molecular formula is C74H94N12O15S. The van der Waals surface area contributed by atoms with Gasteiger partial charge in [-0.15, -0.1) is 5.10 Å². The largest absolute Gasteiger partial charge is 0.490 e. The van der Waals surface area contributed by atoms with Gasteiger partial charge >= 0.3 is 5.97 Å². The second-order valence-electron chi connectivity index (χ2n) is 28.7. The molecule has 5 heterocycles. The van der Waals surface area contributed by atoms with Gasteiger partial charge in [0.1, 0.15) is 60.3 Å². The first-order valence-electron chi connectivity index (χ1n) is 34.4. The van der Waals surface area contributed by atoms with E-state index in [1.54, 1.807) is 71.2 Å². The number of amides is 8. The van der Waals surface area contributed by atoms with Crippen molar-refractivity contribution < 1.29 is 70.9 Å². The Hall–Kier alpha value is -9.64. The molecule has 4 aliphatic heterocycles. The van der Waals surface area contributed by atoms with Crippen LogP contribution in [0.25, 0.3) is 21.5 Å². The third-order valence-corrected chi connectivity index (χ3v) is 18.8. The average molecular weight is 1420 g/mol. The molecule has 546 valence electrons. The van der Waals surface area contributed by atoms with E-state index in [0.29, 0.717) is 22.4 Å². The number of benzene rings is 5. The van der Waals surface area contributed by atoms with Crippen LogP contribution in [0, 0.1) is 10.8 Å². The maximum atomic E-state index is 15.2. The van der Waals surface area contributed by atoms with E-state index in [-0.39, 0.29) is 102 Å². The zero-order valence-electron chi connectivity index (χ0n) is 59.1. The highest BCUT2D eigenvalue weighted by Crippen LogP contribution is 2.31.